The predicted molar refractivity (Wildman–Crippen MR) is 72.2 cm³/mol. The van der Waals surface area contributed by atoms with E-state index >= 15 is 0 Å². The first-order valence-corrected chi connectivity index (χ1v) is 6.30. The van der Waals surface area contributed by atoms with Crippen molar-refractivity contribution in [1.82, 2.24) is 14.4 Å². The van der Waals surface area contributed by atoms with Crippen LogP contribution >= 0.6 is 0 Å². The van der Waals surface area contributed by atoms with Crippen molar-refractivity contribution in [1.29, 1.82) is 0 Å². The number of nitrogens with zero attached hydrogens (tertiary/aromatic N) is 3. The van der Waals surface area contributed by atoms with Crippen LogP contribution in [0.25, 0.3) is 5.65 Å². The number of aryl methyl sites for hydroxylation is 2. The van der Waals surface area contributed by atoms with Crippen LogP contribution in [0.1, 0.15) is 21.9 Å². The monoisotopic (exact) mass is 269 g/mol. The smallest absolute Gasteiger partial charge is 0.172 e. The topological polar surface area (TPSA) is 47.3 Å². The summed E-state index contributed by atoms with van der Waals surface area (Å²) in [5, 5.41) is 0. The number of benzene rings is 1. The largest absolute Gasteiger partial charge is 0.296 e. The number of carbonyl (C=O) groups excluding carboxylic acids is 1. The van der Waals surface area contributed by atoms with Crippen molar-refractivity contribution < 1.29 is 9.18 Å². The lowest BCUT2D eigenvalue weighted by Crippen LogP contribution is -1.99. The molecule has 100 valence electrons. The van der Waals surface area contributed by atoms with Crippen LogP contribution in [0.5, 0.6) is 0 Å². The molecule has 0 saturated carbocycles. The van der Waals surface area contributed by atoms with Gasteiger partial charge in [-0.15, -0.1) is 0 Å². The molecule has 0 N–H and O–H groups in total. The zero-order valence-electron chi connectivity index (χ0n) is 10.7. The van der Waals surface area contributed by atoms with E-state index in [-0.39, 0.29) is 5.82 Å². The summed E-state index contributed by atoms with van der Waals surface area (Å²) in [4.78, 5) is 19.4. The van der Waals surface area contributed by atoms with Gasteiger partial charge in [-0.25, -0.2) is 14.4 Å². The summed E-state index contributed by atoms with van der Waals surface area (Å²) in [6.45, 7) is 0. The lowest BCUT2D eigenvalue weighted by Gasteiger charge is -2.02. The quantitative estimate of drug-likeness (QED) is 0.683. The van der Waals surface area contributed by atoms with Crippen molar-refractivity contribution in [2.24, 2.45) is 0 Å². The first-order valence-electron chi connectivity index (χ1n) is 6.30. The average Bonchev–Trinajstić information content (AvgIpc) is 2.85. The molecular formula is C15H12FN3O. The van der Waals surface area contributed by atoms with Gasteiger partial charge in [-0.05, 0) is 24.1 Å². The molecule has 0 saturated heterocycles. The van der Waals surface area contributed by atoms with Crippen LogP contribution in [0.15, 0.2) is 42.7 Å². The number of aromatic nitrogens is 3. The predicted octanol–water partition coefficient (Wildman–Crippen LogP) is 2.47. The summed E-state index contributed by atoms with van der Waals surface area (Å²) in [6, 6.07) is 8.44. The molecule has 3 aromatic rings. The molecule has 20 heavy (non-hydrogen) atoms. The van der Waals surface area contributed by atoms with E-state index in [0.29, 0.717) is 41.9 Å². The summed E-state index contributed by atoms with van der Waals surface area (Å²) in [7, 11) is 0. The third-order valence-corrected chi connectivity index (χ3v) is 3.19. The van der Waals surface area contributed by atoms with Gasteiger partial charge in [0.05, 0.1) is 0 Å². The van der Waals surface area contributed by atoms with Crippen LogP contribution in [0.2, 0.25) is 0 Å². The molecule has 0 radical (unpaired) electrons. The van der Waals surface area contributed by atoms with Crippen molar-refractivity contribution >= 4 is 11.9 Å². The van der Waals surface area contributed by atoms with Crippen LogP contribution in [0, 0.1) is 5.82 Å². The van der Waals surface area contributed by atoms with E-state index in [2.05, 4.69) is 9.97 Å². The Labute approximate surface area is 114 Å². The fourth-order valence-electron chi connectivity index (χ4n) is 2.21. The van der Waals surface area contributed by atoms with E-state index < -0.39 is 0 Å². The molecule has 0 fully saturated rings. The van der Waals surface area contributed by atoms with Crippen LogP contribution in [-0.2, 0) is 12.8 Å². The highest BCUT2D eigenvalue weighted by Gasteiger charge is 2.11. The summed E-state index contributed by atoms with van der Waals surface area (Å²) in [5.41, 5.74) is 1.49. The zero-order chi connectivity index (χ0) is 13.9. The zero-order valence-corrected chi connectivity index (χ0v) is 10.7. The number of halogens is 1. The Morgan fingerprint density at radius 2 is 2.05 bits per heavy atom. The number of imidazole rings is 1. The van der Waals surface area contributed by atoms with E-state index in [9.17, 15) is 9.18 Å². The maximum absolute atomic E-state index is 13.6. The van der Waals surface area contributed by atoms with Gasteiger partial charge in [0.1, 0.15) is 17.3 Å². The lowest BCUT2D eigenvalue weighted by molar-refractivity contribution is 0.112. The van der Waals surface area contributed by atoms with Gasteiger partial charge >= 0.3 is 0 Å². The Morgan fingerprint density at radius 1 is 1.20 bits per heavy atom. The van der Waals surface area contributed by atoms with Crippen LogP contribution in [0.3, 0.4) is 0 Å². The molecule has 0 atom stereocenters. The molecule has 2 aromatic heterocycles. The maximum atomic E-state index is 13.6. The van der Waals surface area contributed by atoms with E-state index in [4.69, 9.17) is 0 Å². The van der Waals surface area contributed by atoms with E-state index in [0.717, 1.165) is 0 Å². The van der Waals surface area contributed by atoms with Crippen molar-refractivity contribution in [3.05, 3.63) is 65.6 Å². The second-order valence-corrected chi connectivity index (χ2v) is 4.44. The molecule has 0 bridgehead atoms. The van der Waals surface area contributed by atoms with Gasteiger partial charge in [-0.2, -0.15) is 0 Å². The Morgan fingerprint density at radius 3 is 2.85 bits per heavy atom. The molecule has 5 heteroatoms. The van der Waals surface area contributed by atoms with E-state index in [1.165, 1.54) is 6.07 Å². The van der Waals surface area contributed by atoms with Gasteiger partial charge in [-0.1, -0.05) is 18.2 Å². The minimum Gasteiger partial charge on any atom is -0.296 e. The molecule has 0 unspecified atom stereocenters. The molecule has 0 amide bonds. The van der Waals surface area contributed by atoms with Gasteiger partial charge in [0, 0.05) is 18.8 Å². The summed E-state index contributed by atoms with van der Waals surface area (Å²) in [5.74, 6) is 0.487. The molecule has 0 aliphatic rings. The van der Waals surface area contributed by atoms with Crippen molar-refractivity contribution in [3.8, 4) is 0 Å². The molecular weight excluding hydrogens is 257 g/mol. The SMILES string of the molecule is O=Cc1nc(CCc2ccccc2F)n2cccnc12. The van der Waals surface area contributed by atoms with Crippen LogP contribution < -0.4 is 0 Å². The fraction of sp³-hybridized carbons (Fsp3) is 0.133. The Bertz CT molecular complexity index is 767. The third-order valence-electron chi connectivity index (χ3n) is 3.19. The van der Waals surface area contributed by atoms with Gasteiger partial charge in [0.25, 0.3) is 0 Å². The summed E-state index contributed by atoms with van der Waals surface area (Å²) in [6.07, 6.45) is 5.18. The first kappa shape index (κ1) is 12.5. The third kappa shape index (κ3) is 2.18. The maximum Gasteiger partial charge on any atom is 0.172 e. The summed E-state index contributed by atoms with van der Waals surface area (Å²) >= 11 is 0. The highest BCUT2D eigenvalue weighted by atomic mass is 19.1. The molecule has 0 aliphatic carbocycles. The van der Waals surface area contributed by atoms with E-state index in [1.807, 2.05) is 0 Å². The number of hydrogen-bond acceptors (Lipinski definition) is 3. The van der Waals surface area contributed by atoms with Gasteiger partial charge in [0.15, 0.2) is 11.9 Å². The minimum atomic E-state index is -0.220. The number of hydrogen-bond donors (Lipinski definition) is 0. The number of fused-ring (bicyclic) bond motifs is 1. The lowest BCUT2D eigenvalue weighted by atomic mass is 10.1. The highest BCUT2D eigenvalue weighted by molar-refractivity contribution is 5.81. The fourth-order valence-corrected chi connectivity index (χ4v) is 2.21. The Hall–Kier alpha value is -2.56. The number of rotatable bonds is 4. The average molecular weight is 269 g/mol. The molecule has 4 nitrogen and oxygen atoms in total. The van der Waals surface area contributed by atoms with E-state index in [1.54, 1.807) is 41.1 Å². The summed E-state index contributed by atoms with van der Waals surface area (Å²) < 4.78 is 15.4. The van der Waals surface area contributed by atoms with Gasteiger partial charge in [-0.3, -0.25) is 9.20 Å². The number of aldehydes is 1. The highest BCUT2D eigenvalue weighted by Crippen LogP contribution is 2.13. The van der Waals surface area contributed by atoms with Crippen molar-refractivity contribution in [2.75, 3.05) is 0 Å². The molecule has 1 aromatic carbocycles. The molecule has 3 rings (SSSR count). The number of carbonyl (C=O) groups is 1. The van der Waals surface area contributed by atoms with Crippen LogP contribution in [-0.4, -0.2) is 20.7 Å². The minimum absolute atomic E-state index is 0.220. The van der Waals surface area contributed by atoms with Crippen LogP contribution in [0.4, 0.5) is 4.39 Å². The molecule has 0 spiro atoms. The first-order chi connectivity index (χ1) is 9.79. The molecule has 0 aliphatic heterocycles. The van der Waals surface area contributed by atoms with Crippen molar-refractivity contribution in [2.45, 2.75) is 12.8 Å². The second-order valence-electron chi connectivity index (χ2n) is 4.44. The molecule has 2 heterocycles. The Kier molecular flexibility index (Phi) is 3.25. The standard InChI is InChI=1S/C15H12FN3O/c16-12-5-2-1-4-11(12)6-7-14-18-13(10-20)15-17-8-3-9-19(14)15/h1-5,8-10H,6-7H2. The van der Waals surface area contributed by atoms with Crippen molar-refractivity contribution in [3.63, 3.8) is 0 Å². The second kappa shape index (κ2) is 5.21. The Balaban J connectivity index is 1.92. The normalized spacial score (nSPS) is 10.8. The van der Waals surface area contributed by atoms with Gasteiger partial charge < -0.3 is 0 Å². The van der Waals surface area contributed by atoms with Gasteiger partial charge in [0.2, 0.25) is 0 Å².